The number of aromatic nitrogens is 1. The molecule has 1 aromatic heterocycles. The molecule has 0 atom stereocenters. The fourth-order valence-corrected chi connectivity index (χ4v) is 0.804. The Morgan fingerprint density at radius 3 is 3.00 bits per heavy atom. The predicted molar refractivity (Wildman–Crippen MR) is 50.4 cm³/mol. The van der Waals surface area contributed by atoms with Crippen molar-refractivity contribution in [1.29, 1.82) is 0 Å². The molecule has 1 heterocycles. The monoisotopic (exact) mass is 199 g/mol. The van der Waals surface area contributed by atoms with Gasteiger partial charge < -0.3 is 15.6 Å². The van der Waals surface area contributed by atoms with E-state index in [1.165, 1.54) is 6.07 Å². The Morgan fingerprint density at radius 1 is 1.85 bits per heavy atom. The molecule has 3 N–H and O–H groups in total. The smallest absolute Gasteiger partial charge is 0.273 e. The van der Waals surface area contributed by atoms with Gasteiger partial charge in [0.2, 0.25) is 0 Å². The standard InChI is InChI=1S/C7H9N3O2S/c1-4-2-5(10-12-4)7(11)9-3-6(8)13/h2H,3H2,1H3,(H2,8,13)(H,9,11). The molecule has 5 nitrogen and oxygen atoms in total. The number of nitrogens with one attached hydrogen (secondary N) is 1. The van der Waals surface area contributed by atoms with Gasteiger partial charge >= 0.3 is 0 Å². The molecule has 6 heteroatoms. The van der Waals surface area contributed by atoms with Crippen LogP contribution in [0.15, 0.2) is 10.6 Å². The van der Waals surface area contributed by atoms with Gasteiger partial charge in [0.05, 0.1) is 11.5 Å². The summed E-state index contributed by atoms with van der Waals surface area (Å²) in [7, 11) is 0. The van der Waals surface area contributed by atoms with E-state index in [1.54, 1.807) is 6.92 Å². The molecule has 0 bridgehead atoms. The molecule has 0 saturated carbocycles. The lowest BCUT2D eigenvalue weighted by atomic mass is 10.3. The molecule has 0 radical (unpaired) electrons. The molecule has 0 spiro atoms. The molecule has 0 unspecified atom stereocenters. The number of amides is 1. The van der Waals surface area contributed by atoms with E-state index >= 15 is 0 Å². The lowest BCUT2D eigenvalue weighted by molar-refractivity contribution is 0.0950. The third-order valence-electron chi connectivity index (χ3n) is 1.28. The van der Waals surface area contributed by atoms with E-state index in [9.17, 15) is 4.79 Å². The Balaban J connectivity index is 2.54. The van der Waals surface area contributed by atoms with Crippen LogP contribution in [-0.4, -0.2) is 22.6 Å². The molecule has 70 valence electrons. The second-order valence-corrected chi connectivity index (χ2v) is 3.00. The summed E-state index contributed by atoms with van der Waals surface area (Å²) in [5.74, 6) is 0.241. The van der Waals surface area contributed by atoms with Crippen molar-refractivity contribution >= 4 is 23.1 Å². The summed E-state index contributed by atoms with van der Waals surface area (Å²) in [5.41, 5.74) is 5.43. The second-order valence-electron chi connectivity index (χ2n) is 2.47. The van der Waals surface area contributed by atoms with E-state index in [4.69, 9.17) is 10.3 Å². The highest BCUT2D eigenvalue weighted by atomic mass is 32.1. The maximum Gasteiger partial charge on any atom is 0.273 e. The number of nitrogens with zero attached hydrogens (tertiary/aromatic N) is 1. The zero-order chi connectivity index (χ0) is 9.84. The molecule has 1 amide bonds. The summed E-state index contributed by atoms with van der Waals surface area (Å²) in [6, 6.07) is 1.54. The van der Waals surface area contributed by atoms with Crippen LogP contribution in [0.5, 0.6) is 0 Å². The Hall–Kier alpha value is -1.43. The molecule has 1 aromatic rings. The minimum absolute atomic E-state index is 0.167. The molecule has 0 saturated heterocycles. The fourth-order valence-electron chi connectivity index (χ4n) is 0.731. The molecular weight excluding hydrogens is 190 g/mol. The van der Waals surface area contributed by atoms with Gasteiger partial charge in [-0.25, -0.2) is 0 Å². The normalized spacial score (nSPS) is 9.62. The van der Waals surface area contributed by atoms with Crippen molar-refractivity contribution < 1.29 is 9.32 Å². The molecule has 0 aliphatic carbocycles. The second kappa shape index (κ2) is 3.99. The van der Waals surface area contributed by atoms with Crippen LogP contribution in [0.1, 0.15) is 16.2 Å². The predicted octanol–water partition coefficient (Wildman–Crippen LogP) is -0.00108. The van der Waals surface area contributed by atoms with Gasteiger partial charge in [0.1, 0.15) is 5.76 Å². The van der Waals surface area contributed by atoms with Gasteiger partial charge in [0.15, 0.2) is 5.69 Å². The molecular formula is C7H9N3O2S. The largest absolute Gasteiger partial charge is 0.392 e. The van der Waals surface area contributed by atoms with Gasteiger partial charge in [-0.15, -0.1) is 0 Å². The third-order valence-corrected chi connectivity index (χ3v) is 1.43. The Labute approximate surface area is 80.3 Å². The Bertz CT molecular complexity index is 334. The van der Waals surface area contributed by atoms with Crippen molar-refractivity contribution in [2.45, 2.75) is 6.92 Å². The van der Waals surface area contributed by atoms with Crippen LogP contribution < -0.4 is 11.1 Å². The van der Waals surface area contributed by atoms with Crippen molar-refractivity contribution in [3.63, 3.8) is 0 Å². The lowest BCUT2D eigenvalue weighted by Gasteiger charge is -1.98. The van der Waals surface area contributed by atoms with E-state index in [0.29, 0.717) is 5.76 Å². The summed E-state index contributed by atoms with van der Waals surface area (Å²) in [6.45, 7) is 1.87. The number of hydrogen-bond acceptors (Lipinski definition) is 4. The van der Waals surface area contributed by atoms with Gasteiger partial charge in [0, 0.05) is 6.07 Å². The van der Waals surface area contributed by atoms with Gasteiger partial charge in [0.25, 0.3) is 5.91 Å². The quantitative estimate of drug-likeness (QED) is 0.670. The van der Waals surface area contributed by atoms with Gasteiger partial charge in [-0.05, 0) is 6.92 Å². The summed E-state index contributed by atoms with van der Waals surface area (Å²) >= 11 is 4.59. The van der Waals surface area contributed by atoms with Crippen LogP contribution in [0.25, 0.3) is 0 Å². The molecule has 0 fully saturated rings. The van der Waals surface area contributed by atoms with Crippen LogP contribution >= 0.6 is 12.2 Å². The van der Waals surface area contributed by atoms with Crippen LogP contribution in [0.2, 0.25) is 0 Å². The van der Waals surface area contributed by atoms with E-state index < -0.39 is 0 Å². The van der Waals surface area contributed by atoms with Gasteiger partial charge in [-0.1, -0.05) is 17.4 Å². The molecule has 0 aliphatic heterocycles. The van der Waals surface area contributed by atoms with Crippen LogP contribution in [0.3, 0.4) is 0 Å². The third kappa shape index (κ3) is 2.83. The highest BCUT2D eigenvalue weighted by molar-refractivity contribution is 7.80. The summed E-state index contributed by atoms with van der Waals surface area (Å²) in [6.07, 6.45) is 0. The average molecular weight is 199 g/mol. The highest BCUT2D eigenvalue weighted by Crippen LogP contribution is 2.00. The first-order chi connectivity index (χ1) is 6.09. The summed E-state index contributed by atoms with van der Waals surface area (Å²) in [5, 5.41) is 6.01. The first-order valence-electron chi connectivity index (χ1n) is 3.59. The molecule has 0 aliphatic rings. The maximum absolute atomic E-state index is 11.2. The van der Waals surface area contributed by atoms with Crippen molar-refractivity contribution in [3.05, 3.63) is 17.5 Å². The average Bonchev–Trinajstić information content (AvgIpc) is 2.47. The number of hydrogen-bond donors (Lipinski definition) is 2. The number of rotatable bonds is 3. The van der Waals surface area contributed by atoms with Crippen LogP contribution in [0.4, 0.5) is 0 Å². The maximum atomic E-state index is 11.2. The van der Waals surface area contributed by atoms with Gasteiger partial charge in [-0.3, -0.25) is 4.79 Å². The van der Waals surface area contributed by atoms with E-state index in [1.807, 2.05) is 0 Å². The minimum Gasteiger partial charge on any atom is -0.392 e. The summed E-state index contributed by atoms with van der Waals surface area (Å²) in [4.78, 5) is 11.4. The zero-order valence-corrected chi connectivity index (χ0v) is 7.85. The van der Waals surface area contributed by atoms with Crippen molar-refractivity contribution in [3.8, 4) is 0 Å². The van der Waals surface area contributed by atoms with Crippen molar-refractivity contribution in [2.24, 2.45) is 5.73 Å². The number of carbonyl (C=O) groups is 1. The number of thiocarbonyl (C=S) groups is 1. The number of aryl methyl sites for hydroxylation is 1. The SMILES string of the molecule is Cc1cc(C(=O)NCC(N)=S)no1. The minimum atomic E-state index is -0.343. The Kier molecular flexibility index (Phi) is 2.97. The zero-order valence-electron chi connectivity index (χ0n) is 7.03. The highest BCUT2D eigenvalue weighted by Gasteiger charge is 2.09. The number of carbonyl (C=O) groups excluding carboxylic acids is 1. The first kappa shape index (κ1) is 9.66. The van der Waals surface area contributed by atoms with E-state index in [-0.39, 0.29) is 23.1 Å². The van der Waals surface area contributed by atoms with E-state index in [0.717, 1.165) is 0 Å². The van der Waals surface area contributed by atoms with Gasteiger partial charge in [-0.2, -0.15) is 0 Å². The number of nitrogens with two attached hydrogens (primary N) is 1. The van der Waals surface area contributed by atoms with Crippen LogP contribution in [-0.2, 0) is 0 Å². The molecule has 0 aromatic carbocycles. The fraction of sp³-hybridized carbons (Fsp3) is 0.286. The van der Waals surface area contributed by atoms with Crippen molar-refractivity contribution in [2.75, 3.05) is 6.54 Å². The first-order valence-corrected chi connectivity index (χ1v) is 4.00. The topological polar surface area (TPSA) is 81.2 Å². The summed E-state index contributed by atoms with van der Waals surface area (Å²) < 4.78 is 4.72. The van der Waals surface area contributed by atoms with Crippen molar-refractivity contribution in [1.82, 2.24) is 10.5 Å². The van der Waals surface area contributed by atoms with E-state index in [2.05, 4.69) is 22.7 Å². The molecule has 13 heavy (non-hydrogen) atoms. The lowest BCUT2D eigenvalue weighted by Crippen LogP contribution is -2.32. The molecule has 1 rings (SSSR count). The van der Waals surface area contributed by atoms with Crippen LogP contribution in [0, 0.1) is 6.92 Å². The Morgan fingerprint density at radius 2 is 2.54 bits per heavy atom.